The lowest BCUT2D eigenvalue weighted by Crippen LogP contribution is -2.11. The van der Waals surface area contributed by atoms with Gasteiger partial charge in [0.1, 0.15) is 9.88 Å². The van der Waals surface area contributed by atoms with E-state index in [-0.39, 0.29) is 11.0 Å². The van der Waals surface area contributed by atoms with Gasteiger partial charge < -0.3 is 5.11 Å². The van der Waals surface area contributed by atoms with Gasteiger partial charge in [-0.3, -0.25) is 4.68 Å². The second-order valence-corrected chi connectivity index (χ2v) is 5.30. The van der Waals surface area contributed by atoms with Crippen LogP contribution in [0, 0.1) is 0 Å². The van der Waals surface area contributed by atoms with Crippen LogP contribution in [-0.2, 0) is 6.18 Å². The van der Waals surface area contributed by atoms with Gasteiger partial charge in [-0.1, -0.05) is 0 Å². The molecule has 0 aliphatic carbocycles. The fraction of sp³-hybridized carbons (Fsp3) is 0.364. The Bertz CT molecular complexity index is 646. The number of aromatic carboxylic acids is 1. The van der Waals surface area contributed by atoms with Crippen LogP contribution in [0.5, 0.6) is 0 Å². The molecule has 0 atom stereocenters. The monoisotopic (exact) mass is 305 g/mol. The summed E-state index contributed by atoms with van der Waals surface area (Å²) in [6.07, 6.45) is -1.89. The van der Waals surface area contributed by atoms with Gasteiger partial charge in [-0.25, -0.2) is 9.78 Å². The highest BCUT2D eigenvalue weighted by molar-refractivity contribution is 7.17. The first kappa shape index (κ1) is 14.5. The maximum absolute atomic E-state index is 12.7. The molecule has 0 aliphatic rings. The average Bonchev–Trinajstić information content (AvgIpc) is 2.94. The molecule has 9 heteroatoms. The predicted molar refractivity (Wildman–Crippen MR) is 65.7 cm³/mol. The molecule has 5 nitrogen and oxygen atoms in total. The van der Waals surface area contributed by atoms with E-state index in [0.717, 1.165) is 0 Å². The van der Waals surface area contributed by atoms with E-state index < -0.39 is 22.7 Å². The molecular weight excluding hydrogens is 295 g/mol. The van der Waals surface area contributed by atoms with Crippen molar-refractivity contribution in [3.63, 3.8) is 0 Å². The van der Waals surface area contributed by atoms with Crippen molar-refractivity contribution in [1.82, 2.24) is 14.8 Å². The summed E-state index contributed by atoms with van der Waals surface area (Å²) in [4.78, 5) is 13.5. The highest BCUT2D eigenvalue weighted by atomic mass is 32.1. The van der Waals surface area contributed by atoms with Gasteiger partial charge in [0.05, 0.1) is 6.20 Å². The lowest BCUT2D eigenvalue weighted by atomic mass is 10.3. The first-order valence-electron chi connectivity index (χ1n) is 5.56. The normalized spacial score (nSPS) is 12.1. The van der Waals surface area contributed by atoms with Gasteiger partial charge in [-0.15, -0.1) is 11.3 Å². The van der Waals surface area contributed by atoms with Gasteiger partial charge in [0.15, 0.2) is 5.69 Å². The van der Waals surface area contributed by atoms with Crippen LogP contribution in [0.3, 0.4) is 0 Å². The van der Waals surface area contributed by atoms with Gasteiger partial charge in [0.25, 0.3) is 0 Å². The van der Waals surface area contributed by atoms with Gasteiger partial charge in [0, 0.05) is 17.8 Å². The predicted octanol–water partition coefficient (Wildman–Crippen LogP) is 3.30. The summed E-state index contributed by atoms with van der Waals surface area (Å²) in [5.74, 6) is -1.64. The average molecular weight is 305 g/mol. The number of nitrogens with zero attached hydrogens (tertiary/aromatic N) is 3. The topological polar surface area (TPSA) is 68.0 Å². The minimum absolute atomic E-state index is 0.0124. The van der Waals surface area contributed by atoms with Crippen LogP contribution in [0.4, 0.5) is 13.2 Å². The number of alkyl halides is 3. The summed E-state index contributed by atoms with van der Waals surface area (Å²) in [5.41, 5.74) is -1.01. The summed E-state index contributed by atoms with van der Waals surface area (Å²) < 4.78 is 39.8. The highest BCUT2D eigenvalue weighted by Gasteiger charge is 2.39. The number of rotatable bonds is 3. The zero-order valence-electron chi connectivity index (χ0n) is 10.5. The minimum Gasteiger partial charge on any atom is -0.477 e. The molecule has 2 rings (SSSR count). The lowest BCUT2D eigenvalue weighted by Gasteiger charge is -2.02. The molecule has 0 saturated heterocycles. The van der Waals surface area contributed by atoms with Crippen molar-refractivity contribution in [2.45, 2.75) is 26.1 Å². The number of carboxylic acid groups (broad SMARTS) is 1. The van der Waals surface area contributed by atoms with Crippen LogP contribution >= 0.6 is 11.3 Å². The molecule has 0 fully saturated rings. The lowest BCUT2D eigenvalue weighted by molar-refractivity contribution is -0.141. The summed E-state index contributed by atoms with van der Waals surface area (Å²) >= 11 is 0.489. The Morgan fingerprint density at radius 2 is 2.10 bits per heavy atom. The maximum atomic E-state index is 12.7. The Morgan fingerprint density at radius 3 is 2.50 bits per heavy atom. The molecule has 0 bridgehead atoms. The molecule has 0 aromatic carbocycles. The van der Waals surface area contributed by atoms with Crippen molar-refractivity contribution in [3.8, 4) is 10.6 Å². The fourth-order valence-electron chi connectivity index (χ4n) is 1.51. The molecule has 0 unspecified atom stereocenters. The van der Waals surface area contributed by atoms with Crippen LogP contribution in [0.25, 0.3) is 10.6 Å². The molecule has 0 amide bonds. The van der Waals surface area contributed by atoms with Crippen molar-refractivity contribution in [2.75, 3.05) is 0 Å². The van der Waals surface area contributed by atoms with Gasteiger partial charge in [0.2, 0.25) is 0 Å². The van der Waals surface area contributed by atoms with Crippen LogP contribution in [-0.4, -0.2) is 25.8 Å². The summed E-state index contributed by atoms with van der Waals surface area (Å²) in [5, 5.41) is 12.8. The van der Waals surface area contributed by atoms with Crippen molar-refractivity contribution in [3.05, 3.63) is 23.0 Å². The maximum Gasteiger partial charge on any atom is 0.435 e. The SMILES string of the molecule is CC(C)n1cc(-c2nc(C(F)(F)F)c(C(=O)O)s2)cn1. The van der Waals surface area contributed by atoms with E-state index in [0.29, 0.717) is 16.9 Å². The third-order valence-electron chi connectivity index (χ3n) is 2.47. The number of thiazole rings is 1. The number of aromatic nitrogens is 3. The molecule has 1 N–H and O–H groups in total. The van der Waals surface area contributed by atoms with Crippen molar-refractivity contribution < 1.29 is 23.1 Å². The fourth-order valence-corrected chi connectivity index (χ4v) is 2.41. The Hall–Kier alpha value is -1.90. The Balaban J connectivity index is 2.50. The highest BCUT2D eigenvalue weighted by Crippen LogP contribution is 2.37. The quantitative estimate of drug-likeness (QED) is 0.944. The number of hydrogen-bond donors (Lipinski definition) is 1. The third kappa shape index (κ3) is 2.67. The molecule has 0 saturated carbocycles. The number of carboxylic acids is 1. The molecule has 108 valence electrons. The molecule has 2 aromatic rings. The zero-order chi connectivity index (χ0) is 15.1. The second kappa shape index (κ2) is 4.89. The number of hydrogen-bond acceptors (Lipinski definition) is 4. The molecule has 2 heterocycles. The van der Waals surface area contributed by atoms with E-state index in [2.05, 4.69) is 10.1 Å². The molecule has 20 heavy (non-hydrogen) atoms. The van der Waals surface area contributed by atoms with E-state index >= 15 is 0 Å². The van der Waals surface area contributed by atoms with Crippen molar-refractivity contribution >= 4 is 17.3 Å². The Morgan fingerprint density at radius 1 is 1.45 bits per heavy atom. The Kier molecular flexibility index (Phi) is 3.55. The smallest absolute Gasteiger partial charge is 0.435 e. The van der Waals surface area contributed by atoms with Crippen LogP contribution in [0.15, 0.2) is 12.4 Å². The van der Waals surface area contributed by atoms with Gasteiger partial charge in [-0.2, -0.15) is 18.3 Å². The number of carbonyl (C=O) groups is 1. The largest absolute Gasteiger partial charge is 0.477 e. The summed E-state index contributed by atoms with van der Waals surface area (Å²) in [6.45, 7) is 3.73. The van der Waals surface area contributed by atoms with E-state index in [1.165, 1.54) is 12.4 Å². The Labute approximate surface area is 115 Å². The van der Waals surface area contributed by atoms with E-state index in [1.807, 2.05) is 13.8 Å². The standard InChI is InChI=1S/C11H10F3N3O2S/c1-5(2)17-4-6(3-15-17)9-16-8(11(12,13)14)7(20-9)10(18)19/h3-5H,1-2H3,(H,18,19). The number of halogens is 3. The van der Waals surface area contributed by atoms with E-state index in [1.54, 1.807) is 4.68 Å². The summed E-state index contributed by atoms with van der Waals surface area (Å²) in [6, 6.07) is 0.0461. The molecule has 0 spiro atoms. The molecule has 2 aromatic heterocycles. The van der Waals surface area contributed by atoms with Crippen LogP contribution in [0.1, 0.15) is 35.3 Å². The first-order chi connectivity index (χ1) is 9.20. The molecule has 0 aliphatic heterocycles. The van der Waals surface area contributed by atoms with Gasteiger partial charge in [-0.05, 0) is 13.8 Å². The van der Waals surface area contributed by atoms with Gasteiger partial charge >= 0.3 is 12.1 Å². The second-order valence-electron chi connectivity index (χ2n) is 4.30. The van der Waals surface area contributed by atoms with Crippen molar-refractivity contribution in [1.29, 1.82) is 0 Å². The van der Waals surface area contributed by atoms with E-state index in [9.17, 15) is 18.0 Å². The third-order valence-corrected chi connectivity index (χ3v) is 3.56. The first-order valence-corrected chi connectivity index (χ1v) is 6.37. The van der Waals surface area contributed by atoms with E-state index in [4.69, 9.17) is 5.11 Å². The molecular formula is C11H10F3N3O2S. The van der Waals surface area contributed by atoms with Crippen LogP contribution < -0.4 is 0 Å². The minimum atomic E-state index is -4.80. The van der Waals surface area contributed by atoms with Crippen LogP contribution in [0.2, 0.25) is 0 Å². The summed E-state index contributed by atoms with van der Waals surface area (Å²) in [7, 11) is 0. The zero-order valence-corrected chi connectivity index (χ0v) is 11.3. The molecule has 0 radical (unpaired) electrons. The van der Waals surface area contributed by atoms with Crippen molar-refractivity contribution in [2.24, 2.45) is 0 Å².